The van der Waals surface area contributed by atoms with Crippen LogP contribution in [0.1, 0.15) is 11.1 Å². The quantitative estimate of drug-likeness (QED) is 0.0303. The van der Waals surface area contributed by atoms with E-state index in [1.54, 1.807) is 0 Å². The second kappa shape index (κ2) is 24.6. The lowest BCUT2D eigenvalue weighted by Crippen LogP contribution is -2.59. The molecule has 4 rings (SSSR count). The van der Waals surface area contributed by atoms with Crippen LogP contribution in [-0.4, -0.2) is 197 Å². The van der Waals surface area contributed by atoms with Gasteiger partial charge in [-0.3, -0.25) is 0 Å². The summed E-state index contributed by atoms with van der Waals surface area (Å²) in [6.45, 7) is 4.19. The summed E-state index contributed by atoms with van der Waals surface area (Å²) >= 11 is 0. The number of carbonyl (C=O) groups excluding carboxylic acids is 2. The van der Waals surface area contributed by atoms with Gasteiger partial charge in [-0.25, -0.2) is 9.59 Å². The lowest BCUT2D eigenvalue weighted by Gasteiger charge is -2.39. The van der Waals surface area contributed by atoms with Gasteiger partial charge in [0, 0.05) is 12.2 Å². The maximum Gasteiger partial charge on any atom is 0.331 e. The van der Waals surface area contributed by atoms with Crippen LogP contribution in [0.5, 0.6) is 23.0 Å². The first-order valence-corrected chi connectivity index (χ1v) is 18.6. The standard InChI is InChI=1S/2C20H26O11/c1-10(8-29-16(25)5-3-11-2-4-12(22)13(23)6-11)14(24)9-30-20-19(28)18(27)17(26)15(7-21)31-20;1-10(7-21)15(9-29-20-19(28)18(27)17(26)14(8-22)31-20)30-16(25)5-3-11-2-4-12(23)13(24)6-11/h2*2-6,14-15,17-24,26-28H,1,7-9H2/b2*5-3+/t2*14?,15?,17-,18-,19?,20-/m11/s1. The number of hydrogen-bond acceptors (Lipinski definition) is 22. The van der Waals surface area contributed by atoms with E-state index < -0.39 is 119 Å². The summed E-state index contributed by atoms with van der Waals surface area (Å²) in [7, 11) is 0. The monoisotopic (exact) mass is 884 g/mol. The molecule has 62 heavy (non-hydrogen) atoms. The van der Waals surface area contributed by atoms with Crippen LogP contribution in [0.25, 0.3) is 12.2 Å². The molecule has 0 spiro atoms. The van der Waals surface area contributed by atoms with Gasteiger partial charge in [0.15, 0.2) is 35.6 Å². The highest BCUT2D eigenvalue weighted by atomic mass is 16.7. The van der Waals surface area contributed by atoms with E-state index in [-0.39, 0.29) is 40.8 Å². The zero-order chi connectivity index (χ0) is 46.3. The van der Waals surface area contributed by atoms with E-state index in [9.17, 15) is 76.0 Å². The van der Waals surface area contributed by atoms with Crippen molar-refractivity contribution in [2.45, 2.75) is 73.6 Å². The molecular weight excluding hydrogens is 832 g/mol. The molecule has 344 valence electrons. The highest BCUT2D eigenvalue weighted by molar-refractivity contribution is 5.88. The number of aliphatic hydroxyl groups is 10. The summed E-state index contributed by atoms with van der Waals surface area (Å²) in [6, 6.07) is 7.89. The van der Waals surface area contributed by atoms with Crippen LogP contribution in [0.3, 0.4) is 0 Å². The van der Waals surface area contributed by atoms with Gasteiger partial charge >= 0.3 is 11.9 Å². The first-order valence-electron chi connectivity index (χ1n) is 18.6. The molecule has 2 aliphatic heterocycles. The van der Waals surface area contributed by atoms with Crippen molar-refractivity contribution < 1.29 is 110 Å². The summed E-state index contributed by atoms with van der Waals surface area (Å²) in [5, 5.41) is 134. The molecule has 0 aliphatic carbocycles. The maximum atomic E-state index is 12.1. The molecule has 0 aromatic heterocycles. The Bertz CT molecular complexity index is 1840. The largest absolute Gasteiger partial charge is 0.504 e. The first kappa shape index (κ1) is 51.3. The average Bonchev–Trinajstić information content (AvgIpc) is 3.26. The van der Waals surface area contributed by atoms with Crippen LogP contribution in [0.15, 0.2) is 72.9 Å². The van der Waals surface area contributed by atoms with Crippen LogP contribution in [0.2, 0.25) is 0 Å². The van der Waals surface area contributed by atoms with Crippen LogP contribution >= 0.6 is 0 Å². The number of hydrogen-bond donors (Lipinski definition) is 14. The van der Waals surface area contributed by atoms with Crippen LogP contribution in [0.4, 0.5) is 0 Å². The molecule has 6 unspecified atom stereocenters. The van der Waals surface area contributed by atoms with Gasteiger partial charge in [0.2, 0.25) is 0 Å². The molecule has 2 fully saturated rings. The molecule has 0 amide bonds. The van der Waals surface area contributed by atoms with E-state index >= 15 is 0 Å². The van der Waals surface area contributed by atoms with Crippen molar-refractivity contribution in [2.75, 3.05) is 39.6 Å². The number of ether oxygens (including phenoxy) is 6. The normalized spacial score (nSPS) is 27.2. The number of phenols is 4. The Morgan fingerprint density at radius 3 is 1.52 bits per heavy atom. The van der Waals surface area contributed by atoms with Crippen molar-refractivity contribution in [1.29, 1.82) is 0 Å². The Morgan fingerprint density at radius 2 is 1.08 bits per heavy atom. The van der Waals surface area contributed by atoms with Crippen molar-refractivity contribution >= 4 is 24.1 Å². The number of benzene rings is 2. The minimum absolute atomic E-state index is 0.0774. The third kappa shape index (κ3) is 14.8. The number of esters is 2. The Morgan fingerprint density at radius 1 is 0.629 bits per heavy atom. The van der Waals surface area contributed by atoms with E-state index in [1.165, 1.54) is 48.6 Å². The van der Waals surface area contributed by atoms with Crippen molar-refractivity contribution in [1.82, 2.24) is 0 Å². The molecule has 22 heteroatoms. The molecule has 2 aromatic carbocycles. The summed E-state index contributed by atoms with van der Waals surface area (Å²) in [5.41, 5.74) is 1.00. The molecule has 2 aromatic rings. The van der Waals surface area contributed by atoms with E-state index in [1.807, 2.05) is 0 Å². The highest BCUT2D eigenvalue weighted by Gasteiger charge is 2.45. The Hall–Kier alpha value is -5.02. The van der Waals surface area contributed by atoms with E-state index in [0.29, 0.717) is 11.1 Å². The zero-order valence-corrected chi connectivity index (χ0v) is 32.9. The van der Waals surface area contributed by atoms with Crippen molar-refractivity contribution in [3.05, 3.63) is 84.0 Å². The minimum Gasteiger partial charge on any atom is -0.504 e. The molecule has 12 atom stereocenters. The van der Waals surface area contributed by atoms with Crippen LogP contribution < -0.4 is 0 Å². The summed E-state index contributed by atoms with van der Waals surface area (Å²) in [4.78, 5) is 23.9. The second-order valence-electron chi connectivity index (χ2n) is 13.7. The molecule has 2 aliphatic rings. The molecule has 0 bridgehead atoms. The smallest absolute Gasteiger partial charge is 0.331 e. The number of phenolic OH excluding ortho intramolecular Hbond substituents is 4. The molecular formula is C40H52O22. The van der Waals surface area contributed by atoms with Gasteiger partial charge in [0.1, 0.15) is 67.6 Å². The van der Waals surface area contributed by atoms with Gasteiger partial charge in [-0.1, -0.05) is 25.3 Å². The topological polar surface area (TPSA) is 373 Å². The lowest BCUT2D eigenvalue weighted by molar-refractivity contribution is -0.304. The van der Waals surface area contributed by atoms with E-state index in [2.05, 4.69) is 13.2 Å². The number of carbonyl (C=O) groups is 2. The first-order chi connectivity index (χ1) is 29.3. The fraction of sp³-hybridized carbons (Fsp3) is 0.450. The van der Waals surface area contributed by atoms with Crippen LogP contribution in [-0.2, 0) is 38.0 Å². The summed E-state index contributed by atoms with van der Waals surface area (Å²) in [6.07, 6.45) is -12.4. The Balaban J connectivity index is 0.000000330. The van der Waals surface area contributed by atoms with Gasteiger partial charge in [-0.15, -0.1) is 0 Å². The van der Waals surface area contributed by atoms with Gasteiger partial charge in [-0.2, -0.15) is 0 Å². The van der Waals surface area contributed by atoms with Crippen molar-refractivity contribution in [2.24, 2.45) is 0 Å². The molecule has 0 radical (unpaired) electrons. The predicted octanol–water partition coefficient (Wildman–Crippen LogP) is -3.22. The minimum atomic E-state index is -1.64. The Kier molecular flexibility index (Phi) is 20.3. The number of aliphatic hydroxyl groups excluding tert-OH is 10. The zero-order valence-electron chi connectivity index (χ0n) is 32.9. The second-order valence-corrected chi connectivity index (χ2v) is 13.7. The van der Waals surface area contributed by atoms with Gasteiger partial charge in [0.05, 0.1) is 33.0 Å². The van der Waals surface area contributed by atoms with E-state index in [4.69, 9.17) is 33.5 Å². The Labute approximate surface area is 353 Å². The maximum absolute atomic E-state index is 12.1. The molecule has 2 heterocycles. The third-order valence-corrected chi connectivity index (χ3v) is 9.14. The fourth-order valence-corrected chi connectivity index (χ4v) is 5.34. The van der Waals surface area contributed by atoms with Gasteiger partial charge < -0.3 is 99.9 Å². The molecule has 2 saturated heterocycles. The summed E-state index contributed by atoms with van der Waals surface area (Å²) in [5.74, 6) is -2.91. The SMILES string of the molecule is C=C(CO)C(CO[C@@H]1OC(CO)[C@@H](O)[C@@H](O)C1O)OC(=O)/C=C/c1ccc(O)c(O)c1.C=C(COC(=O)/C=C/c1ccc(O)c(O)c1)C(O)CO[C@@H]1OC(CO)[C@@H](O)[C@@H](O)C1O. The molecule has 14 N–H and O–H groups in total. The van der Waals surface area contributed by atoms with Gasteiger partial charge in [-0.05, 0) is 58.7 Å². The molecule has 22 nitrogen and oxygen atoms in total. The highest BCUT2D eigenvalue weighted by Crippen LogP contribution is 2.27. The third-order valence-electron chi connectivity index (χ3n) is 9.14. The van der Waals surface area contributed by atoms with Gasteiger partial charge in [0.25, 0.3) is 0 Å². The fourth-order valence-electron chi connectivity index (χ4n) is 5.34. The average molecular weight is 885 g/mol. The van der Waals surface area contributed by atoms with Crippen molar-refractivity contribution in [3.8, 4) is 23.0 Å². The van der Waals surface area contributed by atoms with Crippen molar-refractivity contribution in [3.63, 3.8) is 0 Å². The summed E-state index contributed by atoms with van der Waals surface area (Å²) < 4.78 is 31.0. The number of aromatic hydroxyl groups is 4. The number of rotatable bonds is 18. The van der Waals surface area contributed by atoms with Crippen LogP contribution in [0, 0.1) is 0 Å². The molecule has 0 saturated carbocycles. The predicted molar refractivity (Wildman–Crippen MR) is 209 cm³/mol. The van der Waals surface area contributed by atoms with E-state index in [0.717, 1.165) is 12.2 Å². The lowest BCUT2D eigenvalue weighted by atomic mass is 9.99.